The summed E-state index contributed by atoms with van der Waals surface area (Å²) in [5, 5.41) is 11.6. The molecular weight excluding hydrogens is 334 g/mol. The predicted octanol–water partition coefficient (Wildman–Crippen LogP) is 3.24. The van der Waals surface area contributed by atoms with Crippen LogP contribution in [0, 0.1) is 11.3 Å². The normalized spacial score (nSPS) is 20.5. The number of imide groups is 1. The van der Waals surface area contributed by atoms with Gasteiger partial charge in [-0.1, -0.05) is 23.7 Å². The van der Waals surface area contributed by atoms with Gasteiger partial charge in [-0.15, -0.1) is 11.3 Å². The van der Waals surface area contributed by atoms with E-state index in [-0.39, 0.29) is 12.5 Å². The highest BCUT2D eigenvalue weighted by molar-refractivity contribution is 7.16. The number of nitrogens with zero attached hydrogens (tertiary/aromatic N) is 2. The van der Waals surface area contributed by atoms with Gasteiger partial charge in [-0.05, 0) is 36.8 Å². The first kappa shape index (κ1) is 15.5. The van der Waals surface area contributed by atoms with Crippen LogP contribution >= 0.6 is 22.9 Å². The number of benzene rings is 1. The Hall–Kier alpha value is -2.36. The number of amides is 3. The van der Waals surface area contributed by atoms with Crippen LogP contribution in [0.3, 0.4) is 0 Å². The van der Waals surface area contributed by atoms with Crippen LogP contribution < -0.4 is 5.32 Å². The van der Waals surface area contributed by atoms with Gasteiger partial charge >= 0.3 is 6.03 Å². The van der Waals surface area contributed by atoms with Gasteiger partial charge in [-0.3, -0.25) is 9.69 Å². The lowest BCUT2D eigenvalue weighted by atomic mass is 9.91. The van der Waals surface area contributed by atoms with Crippen molar-refractivity contribution >= 4 is 34.9 Å². The summed E-state index contributed by atoms with van der Waals surface area (Å²) in [4.78, 5) is 27.0. The minimum absolute atomic E-state index is 0.188. The molecule has 1 saturated heterocycles. The smallest absolute Gasteiger partial charge is 0.319 e. The van der Waals surface area contributed by atoms with Crippen molar-refractivity contribution in [2.45, 2.75) is 19.0 Å². The van der Waals surface area contributed by atoms with Crippen molar-refractivity contribution in [2.24, 2.45) is 0 Å². The quantitative estimate of drug-likeness (QED) is 0.868. The van der Waals surface area contributed by atoms with E-state index in [1.54, 1.807) is 43.3 Å². The van der Waals surface area contributed by atoms with Crippen LogP contribution in [0.5, 0.6) is 0 Å². The lowest BCUT2D eigenvalue weighted by Crippen LogP contribution is -2.40. The Morgan fingerprint density at radius 3 is 2.52 bits per heavy atom. The maximum atomic E-state index is 12.8. The fraction of sp³-hybridized carbons (Fsp3) is 0.188. The van der Waals surface area contributed by atoms with Crippen molar-refractivity contribution in [1.29, 1.82) is 5.26 Å². The Morgan fingerprint density at radius 2 is 1.96 bits per heavy atom. The second kappa shape index (κ2) is 5.69. The summed E-state index contributed by atoms with van der Waals surface area (Å²) in [6.45, 7) is 1.85. The molecule has 3 rings (SSSR count). The van der Waals surface area contributed by atoms with Gasteiger partial charge in [0.1, 0.15) is 5.54 Å². The largest absolute Gasteiger partial charge is 0.325 e. The molecule has 1 aromatic heterocycles. The molecule has 1 N–H and O–H groups in total. The molecule has 1 atom stereocenters. The number of carbonyl (C=O) groups excluding carboxylic acids is 2. The second-order valence-electron chi connectivity index (χ2n) is 5.34. The van der Waals surface area contributed by atoms with E-state index in [2.05, 4.69) is 5.32 Å². The van der Waals surface area contributed by atoms with Crippen LogP contribution in [0.1, 0.15) is 22.9 Å². The van der Waals surface area contributed by atoms with Crippen molar-refractivity contribution in [3.8, 4) is 6.07 Å². The van der Waals surface area contributed by atoms with E-state index >= 15 is 0 Å². The molecule has 0 unspecified atom stereocenters. The summed E-state index contributed by atoms with van der Waals surface area (Å²) in [5.41, 5.74) is 0.00679. The van der Waals surface area contributed by atoms with Crippen LogP contribution in [-0.2, 0) is 16.9 Å². The first-order chi connectivity index (χ1) is 10.9. The molecule has 1 aliphatic heterocycles. The van der Waals surface area contributed by atoms with Crippen LogP contribution in [0.25, 0.3) is 0 Å². The number of nitrogens with one attached hydrogen (secondary N) is 1. The summed E-state index contributed by atoms with van der Waals surface area (Å²) in [7, 11) is 0. The second-order valence-corrected chi connectivity index (χ2v) is 7.14. The molecule has 3 amide bonds. The zero-order chi connectivity index (χ0) is 16.6. The van der Waals surface area contributed by atoms with Gasteiger partial charge < -0.3 is 5.32 Å². The van der Waals surface area contributed by atoms with Gasteiger partial charge in [0.25, 0.3) is 5.91 Å². The SMILES string of the molecule is C[C@]1(c2ccc(C#N)cc2)NC(=O)N(Cc2ccc(Cl)s2)C1=O. The molecule has 2 heterocycles. The van der Waals surface area contributed by atoms with E-state index in [1.165, 1.54) is 16.2 Å². The Labute approximate surface area is 142 Å². The zero-order valence-corrected chi connectivity index (χ0v) is 13.7. The van der Waals surface area contributed by atoms with Crippen molar-refractivity contribution < 1.29 is 9.59 Å². The summed E-state index contributed by atoms with van der Waals surface area (Å²) in [6.07, 6.45) is 0. The van der Waals surface area contributed by atoms with Crippen LogP contribution in [0.4, 0.5) is 4.79 Å². The molecule has 23 heavy (non-hydrogen) atoms. The zero-order valence-electron chi connectivity index (χ0n) is 12.2. The number of carbonyl (C=O) groups is 2. The number of nitriles is 1. The Balaban J connectivity index is 1.88. The monoisotopic (exact) mass is 345 g/mol. The Morgan fingerprint density at radius 1 is 1.26 bits per heavy atom. The van der Waals surface area contributed by atoms with E-state index in [0.717, 1.165) is 4.88 Å². The van der Waals surface area contributed by atoms with E-state index in [0.29, 0.717) is 15.5 Å². The van der Waals surface area contributed by atoms with Gasteiger partial charge in [0.05, 0.1) is 22.5 Å². The van der Waals surface area contributed by atoms with Gasteiger partial charge in [0, 0.05) is 4.88 Å². The molecule has 5 nitrogen and oxygen atoms in total. The first-order valence-corrected chi connectivity index (χ1v) is 8.02. The summed E-state index contributed by atoms with van der Waals surface area (Å²) in [6, 6.07) is 11.7. The predicted molar refractivity (Wildman–Crippen MR) is 86.9 cm³/mol. The van der Waals surface area contributed by atoms with Crippen LogP contribution in [-0.4, -0.2) is 16.8 Å². The summed E-state index contributed by atoms with van der Waals surface area (Å²) >= 11 is 7.22. The molecular formula is C16H12ClN3O2S. The van der Waals surface area contributed by atoms with Crippen molar-refractivity contribution in [2.75, 3.05) is 0 Å². The highest BCUT2D eigenvalue weighted by Crippen LogP contribution is 2.31. The van der Waals surface area contributed by atoms with Gasteiger partial charge in [0.15, 0.2) is 0 Å². The average Bonchev–Trinajstić information content (AvgIpc) is 3.05. The van der Waals surface area contributed by atoms with E-state index in [9.17, 15) is 9.59 Å². The molecule has 0 aliphatic carbocycles. The molecule has 116 valence electrons. The molecule has 1 fully saturated rings. The highest BCUT2D eigenvalue weighted by atomic mass is 35.5. The lowest BCUT2D eigenvalue weighted by molar-refractivity contribution is -0.131. The molecule has 0 spiro atoms. The molecule has 0 radical (unpaired) electrons. The molecule has 2 aromatic rings. The third kappa shape index (κ3) is 2.69. The third-order valence-electron chi connectivity index (χ3n) is 3.81. The number of hydrogen-bond donors (Lipinski definition) is 1. The summed E-state index contributed by atoms with van der Waals surface area (Å²) < 4.78 is 0.613. The van der Waals surface area contributed by atoms with Crippen LogP contribution in [0.15, 0.2) is 36.4 Å². The van der Waals surface area contributed by atoms with E-state index in [4.69, 9.17) is 16.9 Å². The van der Waals surface area contributed by atoms with E-state index < -0.39 is 11.6 Å². The average molecular weight is 346 g/mol. The fourth-order valence-electron chi connectivity index (χ4n) is 2.51. The molecule has 0 bridgehead atoms. The molecule has 1 aliphatic rings. The number of thiophene rings is 1. The van der Waals surface area contributed by atoms with Crippen molar-refractivity contribution in [3.63, 3.8) is 0 Å². The minimum atomic E-state index is -1.13. The molecule has 0 saturated carbocycles. The summed E-state index contributed by atoms with van der Waals surface area (Å²) in [5.74, 6) is -0.322. The Kier molecular flexibility index (Phi) is 3.84. The standard InChI is InChI=1S/C16H12ClN3O2S/c1-16(11-4-2-10(8-18)3-5-11)14(21)20(15(22)19-16)9-12-6-7-13(17)23-12/h2-7H,9H2,1H3,(H,19,22)/t16-/m1/s1. The van der Waals surface area contributed by atoms with Crippen molar-refractivity contribution in [3.05, 3.63) is 56.7 Å². The number of rotatable bonds is 3. The maximum absolute atomic E-state index is 12.8. The van der Waals surface area contributed by atoms with Crippen molar-refractivity contribution in [1.82, 2.24) is 10.2 Å². The molecule has 7 heteroatoms. The van der Waals surface area contributed by atoms with Gasteiger partial charge in [-0.25, -0.2) is 4.79 Å². The van der Waals surface area contributed by atoms with E-state index in [1.807, 2.05) is 6.07 Å². The number of hydrogen-bond acceptors (Lipinski definition) is 4. The number of halogens is 1. The molecule has 1 aromatic carbocycles. The lowest BCUT2D eigenvalue weighted by Gasteiger charge is -2.22. The fourth-order valence-corrected chi connectivity index (χ4v) is 3.58. The maximum Gasteiger partial charge on any atom is 0.325 e. The highest BCUT2D eigenvalue weighted by Gasteiger charge is 2.48. The Bertz CT molecular complexity index is 825. The van der Waals surface area contributed by atoms with Gasteiger partial charge in [0.2, 0.25) is 0 Å². The third-order valence-corrected chi connectivity index (χ3v) is 5.03. The van der Waals surface area contributed by atoms with Crippen LogP contribution in [0.2, 0.25) is 4.34 Å². The number of urea groups is 1. The topological polar surface area (TPSA) is 73.2 Å². The van der Waals surface area contributed by atoms with Gasteiger partial charge in [-0.2, -0.15) is 5.26 Å². The first-order valence-electron chi connectivity index (χ1n) is 6.83. The minimum Gasteiger partial charge on any atom is -0.319 e.